The monoisotopic (exact) mass is 285 g/mol. The second kappa shape index (κ2) is 4.58. The van der Waals surface area contributed by atoms with Gasteiger partial charge in [0.2, 0.25) is 5.28 Å². The molecule has 2 aromatic heterocycles. The van der Waals surface area contributed by atoms with Crippen molar-refractivity contribution in [3.8, 4) is 11.3 Å². The molecule has 4 rings (SSSR count). The Balaban J connectivity index is 1.95. The van der Waals surface area contributed by atoms with Gasteiger partial charge in [-0.1, -0.05) is 18.2 Å². The molecule has 4 nitrogen and oxygen atoms in total. The summed E-state index contributed by atoms with van der Waals surface area (Å²) in [4.78, 5) is 8.26. The van der Waals surface area contributed by atoms with Crippen LogP contribution in [-0.2, 0) is 4.74 Å². The third-order valence-electron chi connectivity index (χ3n) is 3.66. The van der Waals surface area contributed by atoms with Crippen molar-refractivity contribution >= 4 is 22.5 Å². The summed E-state index contributed by atoms with van der Waals surface area (Å²) in [6.07, 6.45) is 3.82. The van der Waals surface area contributed by atoms with Crippen molar-refractivity contribution in [2.45, 2.75) is 6.04 Å². The van der Waals surface area contributed by atoms with E-state index >= 15 is 0 Å². The van der Waals surface area contributed by atoms with Crippen LogP contribution in [0.25, 0.3) is 22.2 Å². The van der Waals surface area contributed by atoms with Crippen molar-refractivity contribution in [2.24, 2.45) is 0 Å². The van der Waals surface area contributed by atoms with E-state index in [9.17, 15) is 0 Å². The summed E-state index contributed by atoms with van der Waals surface area (Å²) < 4.78 is 7.57. The average Bonchev–Trinajstić information content (AvgIpc) is 2.77. The highest BCUT2D eigenvalue weighted by molar-refractivity contribution is 6.28. The second-order valence-electron chi connectivity index (χ2n) is 4.87. The van der Waals surface area contributed by atoms with Crippen LogP contribution in [0.2, 0.25) is 5.28 Å². The fourth-order valence-corrected chi connectivity index (χ4v) is 2.73. The Bertz CT molecular complexity index is 780. The summed E-state index contributed by atoms with van der Waals surface area (Å²) in [7, 11) is 0. The molecular formula is C15H12ClN3O. The quantitative estimate of drug-likeness (QED) is 0.678. The van der Waals surface area contributed by atoms with E-state index in [1.165, 1.54) is 10.9 Å². The van der Waals surface area contributed by atoms with Gasteiger partial charge in [0.25, 0.3) is 0 Å². The molecule has 1 aromatic carbocycles. The molecule has 0 amide bonds. The molecule has 0 atom stereocenters. The summed E-state index contributed by atoms with van der Waals surface area (Å²) in [6, 6.07) is 10.6. The molecule has 0 saturated carbocycles. The Kier molecular flexibility index (Phi) is 2.72. The van der Waals surface area contributed by atoms with Gasteiger partial charge in [-0.2, -0.15) is 0 Å². The highest BCUT2D eigenvalue weighted by Gasteiger charge is 2.23. The van der Waals surface area contributed by atoms with Crippen LogP contribution in [0.15, 0.2) is 42.7 Å². The summed E-state index contributed by atoms with van der Waals surface area (Å²) in [5, 5.41) is 1.44. The van der Waals surface area contributed by atoms with E-state index < -0.39 is 0 Å². The van der Waals surface area contributed by atoms with Crippen molar-refractivity contribution in [1.82, 2.24) is 14.5 Å². The minimum Gasteiger partial charge on any atom is -0.377 e. The minimum absolute atomic E-state index is 0.270. The molecule has 3 aromatic rings. The second-order valence-corrected chi connectivity index (χ2v) is 5.21. The van der Waals surface area contributed by atoms with Crippen molar-refractivity contribution in [2.75, 3.05) is 13.2 Å². The van der Waals surface area contributed by atoms with E-state index in [0.717, 1.165) is 24.5 Å². The van der Waals surface area contributed by atoms with Gasteiger partial charge in [0.15, 0.2) is 0 Å². The third kappa shape index (κ3) is 1.80. The van der Waals surface area contributed by atoms with Crippen molar-refractivity contribution < 1.29 is 4.74 Å². The van der Waals surface area contributed by atoms with Gasteiger partial charge in [0, 0.05) is 28.9 Å². The highest BCUT2D eigenvalue weighted by atomic mass is 35.5. The van der Waals surface area contributed by atoms with E-state index in [-0.39, 0.29) is 5.28 Å². The molecule has 5 heteroatoms. The van der Waals surface area contributed by atoms with Crippen LogP contribution < -0.4 is 0 Å². The molecule has 0 bridgehead atoms. The summed E-state index contributed by atoms with van der Waals surface area (Å²) >= 11 is 5.90. The summed E-state index contributed by atoms with van der Waals surface area (Å²) in [5.74, 6) is 0. The molecule has 0 N–H and O–H groups in total. The number of para-hydroxylation sites is 1. The first-order valence-corrected chi connectivity index (χ1v) is 6.87. The average molecular weight is 286 g/mol. The van der Waals surface area contributed by atoms with Gasteiger partial charge in [-0.15, -0.1) is 0 Å². The number of benzene rings is 1. The maximum atomic E-state index is 5.90. The Hall–Kier alpha value is -1.91. The molecule has 100 valence electrons. The summed E-state index contributed by atoms with van der Waals surface area (Å²) in [5.41, 5.74) is 3.13. The molecule has 1 saturated heterocycles. The SMILES string of the molecule is Clc1nccc(-c2cn(C3COC3)c3ccccc23)n1. The van der Waals surface area contributed by atoms with E-state index in [0.29, 0.717) is 6.04 Å². The molecular weight excluding hydrogens is 274 g/mol. The Morgan fingerprint density at radius 3 is 2.80 bits per heavy atom. The topological polar surface area (TPSA) is 39.9 Å². The fraction of sp³-hybridized carbons (Fsp3) is 0.200. The number of nitrogens with zero attached hydrogens (tertiary/aromatic N) is 3. The summed E-state index contributed by atoms with van der Waals surface area (Å²) in [6.45, 7) is 1.53. The van der Waals surface area contributed by atoms with Gasteiger partial charge in [0.1, 0.15) is 0 Å². The number of hydrogen-bond donors (Lipinski definition) is 0. The standard InChI is InChI=1S/C15H12ClN3O/c16-15-17-6-5-13(18-15)12-7-19(10-8-20-9-10)14-4-2-1-3-11(12)14/h1-7,10H,8-9H2. The zero-order valence-electron chi connectivity index (χ0n) is 10.7. The zero-order valence-corrected chi connectivity index (χ0v) is 11.4. The first-order chi connectivity index (χ1) is 9.83. The number of rotatable bonds is 2. The van der Waals surface area contributed by atoms with E-state index in [1.54, 1.807) is 6.20 Å². The number of hydrogen-bond acceptors (Lipinski definition) is 3. The van der Waals surface area contributed by atoms with Gasteiger partial charge in [-0.05, 0) is 23.7 Å². The Morgan fingerprint density at radius 1 is 1.20 bits per heavy atom. The fourth-order valence-electron chi connectivity index (χ4n) is 2.58. The molecule has 0 spiro atoms. The van der Waals surface area contributed by atoms with E-state index in [4.69, 9.17) is 16.3 Å². The number of aromatic nitrogens is 3. The van der Waals surface area contributed by atoms with Gasteiger partial charge < -0.3 is 9.30 Å². The predicted octanol–water partition coefficient (Wildman–Crippen LogP) is 3.32. The lowest BCUT2D eigenvalue weighted by Crippen LogP contribution is -2.29. The molecule has 0 unspecified atom stereocenters. The molecule has 0 radical (unpaired) electrons. The Labute approximate surface area is 121 Å². The minimum atomic E-state index is 0.270. The van der Waals surface area contributed by atoms with Gasteiger partial charge in [-0.25, -0.2) is 9.97 Å². The third-order valence-corrected chi connectivity index (χ3v) is 3.84. The maximum absolute atomic E-state index is 5.90. The van der Waals surface area contributed by atoms with Crippen LogP contribution in [0.1, 0.15) is 6.04 Å². The van der Waals surface area contributed by atoms with Crippen molar-refractivity contribution in [1.29, 1.82) is 0 Å². The van der Waals surface area contributed by atoms with Crippen LogP contribution in [0.5, 0.6) is 0 Å². The van der Waals surface area contributed by atoms with Gasteiger partial charge >= 0.3 is 0 Å². The molecule has 0 aliphatic carbocycles. The van der Waals surface area contributed by atoms with Gasteiger partial charge in [-0.3, -0.25) is 0 Å². The van der Waals surface area contributed by atoms with E-state index in [1.807, 2.05) is 12.1 Å². The smallest absolute Gasteiger partial charge is 0.222 e. The van der Waals surface area contributed by atoms with Crippen molar-refractivity contribution in [3.05, 3.63) is 48.0 Å². The molecule has 20 heavy (non-hydrogen) atoms. The van der Waals surface area contributed by atoms with Crippen LogP contribution in [0, 0.1) is 0 Å². The number of ether oxygens (including phenoxy) is 1. The molecule has 1 fully saturated rings. The first-order valence-electron chi connectivity index (χ1n) is 6.49. The van der Waals surface area contributed by atoms with E-state index in [2.05, 4.69) is 38.9 Å². The maximum Gasteiger partial charge on any atom is 0.222 e. The Morgan fingerprint density at radius 2 is 2.05 bits per heavy atom. The van der Waals surface area contributed by atoms with Gasteiger partial charge in [0.05, 0.1) is 24.9 Å². The molecule has 1 aliphatic heterocycles. The normalized spacial score (nSPS) is 15.4. The number of halogens is 1. The van der Waals surface area contributed by atoms with Crippen molar-refractivity contribution in [3.63, 3.8) is 0 Å². The number of fused-ring (bicyclic) bond motifs is 1. The van der Waals surface area contributed by atoms with Crippen LogP contribution in [0.4, 0.5) is 0 Å². The van der Waals surface area contributed by atoms with Crippen LogP contribution >= 0.6 is 11.6 Å². The first kappa shape index (κ1) is 11.9. The molecule has 1 aliphatic rings. The zero-order chi connectivity index (χ0) is 13.5. The predicted molar refractivity (Wildman–Crippen MR) is 77.8 cm³/mol. The highest BCUT2D eigenvalue weighted by Crippen LogP contribution is 2.33. The largest absolute Gasteiger partial charge is 0.377 e. The van der Waals surface area contributed by atoms with Crippen LogP contribution in [0.3, 0.4) is 0 Å². The lowest BCUT2D eigenvalue weighted by atomic mass is 10.1. The lowest BCUT2D eigenvalue weighted by molar-refractivity contribution is -0.0213. The lowest BCUT2D eigenvalue weighted by Gasteiger charge is -2.28. The molecule has 3 heterocycles. The van der Waals surface area contributed by atoms with Crippen LogP contribution in [-0.4, -0.2) is 27.7 Å².